The number of fused-ring (bicyclic) bond motifs is 4. The average molecular weight is 766 g/mol. The Morgan fingerprint density at radius 2 is 1.40 bits per heavy atom. The normalized spacial score (nSPS) is 14.2. The Balaban J connectivity index is 0.000000425. The van der Waals surface area contributed by atoms with Crippen molar-refractivity contribution in [2.45, 2.75) is 20.0 Å². The van der Waals surface area contributed by atoms with Crippen molar-refractivity contribution in [1.29, 1.82) is 0 Å². The standard InChI is InChI=1S/C32H19N2O7PS2.C7H14N2/c1-39-31(35)18-7-10-26-24(13-18)33-29(43-26)20-5-3-4-16-12-17-6-9-21(28(41-42(37)38)23(17)15-22(16)20)30-34-25-14-19(32(36)40-2)8-11-27(25)44-30;1-4-9-6-5-8(3)7(9)2/h3-15H,1-2H3;5-7H,4H2,1-3H3/p+1. The van der Waals surface area contributed by atoms with Gasteiger partial charge >= 0.3 is 20.2 Å². The summed E-state index contributed by atoms with van der Waals surface area (Å²) >= 11 is 2.88. The van der Waals surface area contributed by atoms with Crippen molar-refractivity contribution in [2.75, 3.05) is 27.8 Å². The van der Waals surface area contributed by atoms with Crippen LogP contribution >= 0.6 is 30.9 Å². The minimum Gasteiger partial charge on any atom is -0.465 e. The van der Waals surface area contributed by atoms with Gasteiger partial charge in [-0.1, -0.05) is 24.3 Å². The van der Waals surface area contributed by atoms with Crippen molar-refractivity contribution in [2.24, 2.45) is 0 Å². The van der Waals surface area contributed by atoms with Gasteiger partial charge < -0.3 is 19.3 Å². The fourth-order valence-electron chi connectivity index (χ4n) is 6.22. The number of carbonyl (C=O) groups excluding carboxylic acids is 2. The molecule has 1 aliphatic rings. The molecule has 8 rings (SSSR count). The Morgan fingerprint density at radius 1 is 0.792 bits per heavy atom. The van der Waals surface area contributed by atoms with Crippen molar-refractivity contribution >= 4 is 84.8 Å². The number of methoxy groups -OCH3 is 2. The summed E-state index contributed by atoms with van der Waals surface area (Å²) in [4.78, 5) is 48.0. The molecule has 2 aromatic heterocycles. The molecule has 0 saturated carbocycles. The van der Waals surface area contributed by atoms with Crippen LogP contribution in [0.25, 0.3) is 63.1 Å². The summed E-state index contributed by atoms with van der Waals surface area (Å²) in [5, 5.41) is 4.58. The van der Waals surface area contributed by atoms with E-state index in [9.17, 15) is 19.0 Å². The zero-order chi connectivity index (χ0) is 37.4. The second-order valence-corrected chi connectivity index (χ2v) is 14.9. The summed E-state index contributed by atoms with van der Waals surface area (Å²) in [6.45, 7) is 5.46. The first-order valence-corrected chi connectivity index (χ1v) is 19.3. The number of hydrogen-bond donors (Lipinski definition) is 1. The molecule has 0 aliphatic carbocycles. The SMILES string of the molecule is CCN1C=CN(C)C1C.COC(=O)c1ccc2sc(-c3ccc4cc5cccc(-c6nc7cc(C(=O)OC)ccc7s6)c5cc4c3O[P+](=O)O)nc2c1. The van der Waals surface area contributed by atoms with Crippen LogP contribution in [0.4, 0.5) is 0 Å². The average Bonchev–Trinajstić information content (AvgIpc) is 3.88. The van der Waals surface area contributed by atoms with Gasteiger partial charge in [-0.2, -0.15) is 0 Å². The maximum Gasteiger partial charge on any atom is 0.747 e. The minimum atomic E-state index is -3.00. The van der Waals surface area contributed by atoms with E-state index in [0.717, 1.165) is 42.7 Å². The zero-order valence-corrected chi connectivity index (χ0v) is 31.9. The predicted molar refractivity (Wildman–Crippen MR) is 211 cm³/mol. The van der Waals surface area contributed by atoms with Gasteiger partial charge in [0.25, 0.3) is 0 Å². The molecule has 3 heterocycles. The Bertz CT molecular complexity index is 2600. The molecule has 0 saturated heterocycles. The molecule has 0 amide bonds. The largest absolute Gasteiger partial charge is 0.747 e. The highest BCUT2D eigenvalue weighted by Crippen LogP contribution is 2.45. The summed E-state index contributed by atoms with van der Waals surface area (Å²) in [6.07, 6.45) is 4.79. The molecule has 0 spiro atoms. The van der Waals surface area contributed by atoms with Gasteiger partial charge in [-0.3, -0.25) is 0 Å². The van der Waals surface area contributed by atoms with Crippen LogP contribution < -0.4 is 4.52 Å². The maximum absolute atomic E-state index is 12.1. The van der Waals surface area contributed by atoms with Crippen LogP contribution in [0.1, 0.15) is 34.6 Å². The number of aromatic nitrogens is 2. The lowest BCUT2D eigenvalue weighted by Gasteiger charge is -2.25. The Morgan fingerprint density at radius 3 is 1.92 bits per heavy atom. The summed E-state index contributed by atoms with van der Waals surface area (Å²) in [6, 6.07) is 24.0. The van der Waals surface area contributed by atoms with Gasteiger partial charge in [0, 0.05) is 41.5 Å². The van der Waals surface area contributed by atoms with Gasteiger partial charge in [0.2, 0.25) is 5.75 Å². The smallest absolute Gasteiger partial charge is 0.465 e. The molecular weight excluding hydrogens is 732 g/mol. The number of nitrogens with zero attached hydrogens (tertiary/aromatic N) is 4. The Hall–Kier alpha value is -5.46. The first-order valence-electron chi connectivity index (χ1n) is 16.6. The van der Waals surface area contributed by atoms with Crippen LogP contribution in [-0.4, -0.2) is 70.6 Å². The molecule has 0 radical (unpaired) electrons. The summed E-state index contributed by atoms with van der Waals surface area (Å²) in [5.41, 5.74) is 3.48. The van der Waals surface area contributed by atoms with E-state index in [1.54, 1.807) is 30.3 Å². The predicted octanol–water partition coefficient (Wildman–Crippen LogP) is 9.22. The van der Waals surface area contributed by atoms with Crippen molar-refractivity contribution in [3.8, 4) is 26.9 Å². The number of carbonyl (C=O) groups is 2. The quantitative estimate of drug-likeness (QED) is 0.0947. The molecule has 1 aliphatic heterocycles. The zero-order valence-electron chi connectivity index (χ0n) is 29.4. The number of thiazole rings is 2. The van der Waals surface area contributed by atoms with Crippen LogP contribution in [0.5, 0.6) is 5.75 Å². The molecule has 0 fully saturated rings. The lowest BCUT2D eigenvalue weighted by Crippen LogP contribution is -2.33. The molecule has 1 N–H and O–H groups in total. The van der Waals surface area contributed by atoms with Crippen LogP contribution in [0.15, 0.2) is 91.3 Å². The van der Waals surface area contributed by atoms with E-state index in [-0.39, 0.29) is 5.75 Å². The van der Waals surface area contributed by atoms with Gasteiger partial charge in [0.1, 0.15) is 10.0 Å². The van der Waals surface area contributed by atoms with Crippen molar-refractivity contribution in [3.63, 3.8) is 0 Å². The summed E-state index contributed by atoms with van der Waals surface area (Å²) in [7, 11) is 1.76. The van der Waals surface area contributed by atoms with E-state index in [1.165, 1.54) is 36.9 Å². The topological polar surface area (TPSA) is 131 Å². The molecule has 5 aromatic carbocycles. The third-order valence-electron chi connectivity index (χ3n) is 9.14. The second kappa shape index (κ2) is 14.9. The highest BCUT2D eigenvalue weighted by atomic mass is 32.1. The van der Waals surface area contributed by atoms with Crippen molar-refractivity contribution in [3.05, 3.63) is 102 Å². The summed E-state index contributed by atoms with van der Waals surface area (Å²) in [5.74, 6) is -0.670. The van der Waals surface area contributed by atoms with E-state index in [0.29, 0.717) is 44.3 Å². The first-order chi connectivity index (χ1) is 25.6. The number of ether oxygens (including phenoxy) is 2. The fraction of sp³-hybridized carbons (Fsp3) is 0.179. The van der Waals surface area contributed by atoms with E-state index in [4.69, 9.17) is 24.0 Å². The monoisotopic (exact) mass is 765 g/mol. The molecule has 2 unspecified atom stereocenters. The van der Waals surface area contributed by atoms with Crippen LogP contribution in [0.3, 0.4) is 0 Å². The van der Waals surface area contributed by atoms with E-state index in [1.807, 2.05) is 48.5 Å². The van der Waals surface area contributed by atoms with Crippen molar-refractivity contribution < 1.29 is 33.0 Å². The number of esters is 2. The van der Waals surface area contributed by atoms with E-state index < -0.39 is 20.2 Å². The highest BCUT2D eigenvalue weighted by Gasteiger charge is 2.25. The summed E-state index contributed by atoms with van der Waals surface area (Å²) < 4.78 is 29.1. The molecule has 0 bridgehead atoms. The Labute approximate surface area is 313 Å². The third kappa shape index (κ3) is 7.04. The van der Waals surface area contributed by atoms with Gasteiger partial charge in [-0.05, 0) is 84.6 Å². The second-order valence-electron chi connectivity index (χ2n) is 12.2. The maximum atomic E-state index is 12.1. The minimum absolute atomic E-state index is 0.224. The first kappa shape index (κ1) is 35.9. The molecule has 7 aromatic rings. The van der Waals surface area contributed by atoms with Crippen molar-refractivity contribution in [1.82, 2.24) is 19.8 Å². The number of rotatable bonds is 7. The van der Waals surface area contributed by atoms with Gasteiger partial charge in [-0.25, -0.2) is 24.1 Å². The molecule has 11 nitrogen and oxygen atoms in total. The highest BCUT2D eigenvalue weighted by molar-refractivity contribution is 7.32. The lowest BCUT2D eigenvalue weighted by atomic mass is 9.98. The Kier molecular flexibility index (Phi) is 10.1. The lowest BCUT2D eigenvalue weighted by molar-refractivity contribution is 0.0592. The molecular formula is C39H34N4O7PS2+. The van der Waals surface area contributed by atoms with Crippen LogP contribution in [0.2, 0.25) is 0 Å². The van der Waals surface area contributed by atoms with Gasteiger partial charge in [-0.15, -0.1) is 27.6 Å². The van der Waals surface area contributed by atoms with E-state index >= 15 is 0 Å². The van der Waals surface area contributed by atoms with Gasteiger partial charge in [0.05, 0.1) is 57.5 Å². The van der Waals surface area contributed by atoms with Crippen LogP contribution in [0, 0.1) is 0 Å². The number of hydrogen-bond acceptors (Lipinski definition) is 12. The van der Waals surface area contributed by atoms with Gasteiger partial charge in [0.15, 0.2) is 0 Å². The van der Waals surface area contributed by atoms with E-state index in [2.05, 4.69) is 43.1 Å². The molecule has 268 valence electrons. The number of benzene rings is 5. The molecule has 53 heavy (non-hydrogen) atoms. The van der Waals surface area contributed by atoms with Crippen LogP contribution in [-0.2, 0) is 14.0 Å². The third-order valence-corrected chi connectivity index (χ3v) is 11.6. The molecule has 2 atom stereocenters. The molecule has 14 heteroatoms. The fourth-order valence-corrected chi connectivity index (χ4v) is 8.53.